The number of amides is 1. The molecular formula is C23H22ClN5O3. The molecule has 8 nitrogen and oxygen atoms in total. The Balaban J connectivity index is 1.57. The number of benzene rings is 2. The first-order valence-electron chi connectivity index (χ1n) is 10.4. The van der Waals surface area contributed by atoms with Crippen LogP contribution in [-0.4, -0.2) is 33.9 Å². The molecule has 0 saturated carbocycles. The van der Waals surface area contributed by atoms with Crippen LogP contribution >= 0.6 is 11.6 Å². The van der Waals surface area contributed by atoms with Crippen molar-refractivity contribution in [1.82, 2.24) is 14.8 Å². The fourth-order valence-electron chi connectivity index (χ4n) is 3.94. The van der Waals surface area contributed by atoms with Crippen LogP contribution in [0.1, 0.15) is 30.8 Å². The van der Waals surface area contributed by atoms with Gasteiger partial charge in [-0.15, -0.1) is 0 Å². The Bertz CT molecular complexity index is 1220. The topological polar surface area (TPSA) is 90.3 Å². The number of nitrogens with zero attached hydrogens (tertiary/aromatic N) is 3. The number of aromatic nitrogens is 3. The Labute approximate surface area is 190 Å². The van der Waals surface area contributed by atoms with Crippen LogP contribution in [0.3, 0.4) is 0 Å². The molecule has 3 heterocycles. The lowest BCUT2D eigenvalue weighted by atomic mass is 9.94. The van der Waals surface area contributed by atoms with E-state index in [1.807, 2.05) is 32.0 Å². The van der Waals surface area contributed by atoms with Gasteiger partial charge in [0.25, 0.3) is 5.91 Å². The van der Waals surface area contributed by atoms with Gasteiger partial charge in [0, 0.05) is 22.8 Å². The molecule has 164 valence electrons. The zero-order chi connectivity index (χ0) is 22.2. The number of ether oxygens (including phenoxy) is 2. The van der Waals surface area contributed by atoms with Crippen LogP contribution in [0.4, 0.5) is 11.6 Å². The number of aryl methyl sites for hydroxylation is 1. The second kappa shape index (κ2) is 8.20. The Hall–Kier alpha value is -3.52. The van der Waals surface area contributed by atoms with Crippen molar-refractivity contribution in [3.8, 4) is 11.5 Å². The minimum absolute atomic E-state index is 0.242. The van der Waals surface area contributed by atoms with E-state index in [0.29, 0.717) is 58.5 Å². The van der Waals surface area contributed by atoms with Crippen LogP contribution in [0.15, 0.2) is 53.7 Å². The largest absolute Gasteiger partial charge is 0.490 e. The maximum atomic E-state index is 13.4. The molecule has 1 aromatic heterocycles. The summed E-state index contributed by atoms with van der Waals surface area (Å²) in [6.07, 6.45) is 0.817. The minimum atomic E-state index is -0.489. The van der Waals surface area contributed by atoms with E-state index in [9.17, 15) is 4.79 Å². The highest BCUT2D eigenvalue weighted by atomic mass is 35.5. The van der Waals surface area contributed by atoms with Crippen LogP contribution in [0.25, 0.3) is 0 Å². The second-order valence-corrected chi connectivity index (χ2v) is 8.15. The summed E-state index contributed by atoms with van der Waals surface area (Å²) < 4.78 is 13.4. The smallest absolute Gasteiger partial charge is 0.255 e. The van der Waals surface area contributed by atoms with Gasteiger partial charge in [0.1, 0.15) is 11.9 Å². The third kappa shape index (κ3) is 3.78. The van der Waals surface area contributed by atoms with E-state index in [0.717, 1.165) is 12.0 Å². The molecule has 0 bridgehead atoms. The molecule has 3 aromatic rings. The van der Waals surface area contributed by atoms with E-state index in [1.165, 1.54) is 0 Å². The van der Waals surface area contributed by atoms with E-state index in [1.54, 1.807) is 28.9 Å². The van der Waals surface area contributed by atoms with Gasteiger partial charge in [-0.05, 0) is 55.8 Å². The van der Waals surface area contributed by atoms with Gasteiger partial charge in [-0.2, -0.15) is 10.1 Å². The van der Waals surface area contributed by atoms with Crippen molar-refractivity contribution in [2.45, 2.75) is 26.3 Å². The van der Waals surface area contributed by atoms with Crippen molar-refractivity contribution in [3.05, 3.63) is 70.1 Å². The van der Waals surface area contributed by atoms with Gasteiger partial charge in [-0.3, -0.25) is 4.79 Å². The average molecular weight is 452 g/mol. The number of hydrogen-bond donors (Lipinski definition) is 2. The van der Waals surface area contributed by atoms with Gasteiger partial charge in [-0.1, -0.05) is 17.7 Å². The first-order chi connectivity index (χ1) is 15.5. The number of allylic oxidation sites excluding steroid dienone is 1. The molecule has 5 rings (SSSR count). The molecule has 1 unspecified atom stereocenters. The van der Waals surface area contributed by atoms with Gasteiger partial charge < -0.3 is 20.1 Å². The molecule has 2 aromatic carbocycles. The number of halogens is 1. The van der Waals surface area contributed by atoms with E-state index < -0.39 is 6.04 Å². The summed E-state index contributed by atoms with van der Waals surface area (Å²) in [6.45, 7) is 4.87. The second-order valence-electron chi connectivity index (χ2n) is 7.71. The third-order valence-electron chi connectivity index (χ3n) is 5.39. The van der Waals surface area contributed by atoms with Gasteiger partial charge in [-0.25, -0.2) is 4.68 Å². The fourth-order valence-corrected chi connectivity index (χ4v) is 4.07. The molecule has 0 radical (unpaired) electrons. The predicted octanol–water partition coefficient (Wildman–Crippen LogP) is 4.33. The number of carbonyl (C=O) groups is 1. The Morgan fingerprint density at radius 2 is 1.88 bits per heavy atom. The average Bonchev–Trinajstić information content (AvgIpc) is 2.98. The number of fused-ring (bicyclic) bond motifs is 2. The van der Waals surface area contributed by atoms with Crippen molar-refractivity contribution in [1.29, 1.82) is 0 Å². The number of rotatable bonds is 3. The van der Waals surface area contributed by atoms with Crippen LogP contribution in [-0.2, 0) is 4.79 Å². The quantitative estimate of drug-likeness (QED) is 0.616. The van der Waals surface area contributed by atoms with Gasteiger partial charge in [0.15, 0.2) is 11.5 Å². The molecule has 0 saturated heterocycles. The molecule has 2 N–H and O–H groups in total. The maximum absolute atomic E-state index is 13.4. The molecule has 2 aliphatic heterocycles. The van der Waals surface area contributed by atoms with Crippen molar-refractivity contribution >= 4 is 29.1 Å². The van der Waals surface area contributed by atoms with E-state index >= 15 is 0 Å². The molecule has 1 atom stereocenters. The van der Waals surface area contributed by atoms with Crippen molar-refractivity contribution in [2.24, 2.45) is 0 Å². The van der Waals surface area contributed by atoms with E-state index in [2.05, 4.69) is 20.7 Å². The standard InChI is InChI=1S/C23H22ClN5O3/c1-13-20(22(30)27-17-7-5-16(24)6-8-17)21(29-23(25-13)26-14(2)28-29)15-4-9-18-19(12-15)32-11-3-10-31-18/h4-9,12,21H,3,10-11H2,1-2H3,(H,27,30)(H,25,26,28). The van der Waals surface area contributed by atoms with Crippen molar-refractivity contribution < 1.29 is 14.3 Å². The number of hydrogen-bond acceptors (Lipinski definition) is 6. The molecule has 0 aliphatic carbocycles. The van der Waals surface area contributed by atoms with Gasteiger partial charge >= 0.3 is 0 Å². The minimum Gasteiger partial charge on any atom is -0.490 e. The fraction of sp³-hybridized carbons (Fsp3) is 0.261. The number of nitrogens with one attached hydrogen (secondary N) is 2. The summed E-state index contributed by atoms with van der Waals surface area (Å²) in [5.74, 6) is 2.31. The number of carbonyl (C=O) groups excluding carboxylic acids is 1. The Morgan fingerprint density at radius 1 is 1.12 bits per heavy atom. The first kappa shape index (κ1) is 20.4. The maximum Gasteiger partial charge on any atom is 0.255 e. The molecule has 0 fully saturated rings. The van der Waals surface area contributed by atoms with Crippen LogP contribution in [0, 0.1) is 6.92 Å². The zero-order valence-electron chi connectivity index (χ0n) is 17.7. The lowest BCUT2D eigenvalue weighted by Crippen LogP contribution is -2.31. The molecule has 9 heteroatoms. The normalized spacial score (nSPS) is 17.3. The van der Waals surface area contributed by atoms with Gasteiger partial charge in [0.2, 0.25) is 5.95 Å². The SMILES string of the molecule is CC1=C(C(=O)Nc2ccc(Cl)cc2)C(c2ccc3c(c2)OCCCO3)n2nc(C)nc2N1. The lowest BCUT2D eigenvalue weighted by Gasteiger charge is -2.29. The summed E-state index contributed by atoms with van der Waals surface area (Å²) in [5, 5.41) is 11.3. The molecule has 32 heavy (non-hydrogen) atoms. The predicted molar refractivity (Wildman–Crippen MR) is 121 cm³/mol. The highest BCUT2D eigenvalue weighted by Gasteiger charge is 2.34. The molecular weight excluding hydrogens is 430 g/mol. The summed E-state index contributed by atoms with van der Waals surface area (Å²) >= 11 is 5.98. The third-order valence-corrected chi connectivity index (χ3v) is 5.64. The van der Waals surface area contributed by atoms with Crippen molar-refractivity contribution in [3.63, 3.8) is 0 Å². The summed E-state index contributed by atoms with van der Waals surface area (Å²) in [6, 6.07) is 12.2. The summed E-state index contributed by atoms with van der Waals surface area (Å²) in [5.41, 5.74) is 2.74. The van der Waals surface area contributed by atoms with Crippen LogP contribution in [0.5, 0.6) is 11.5 Å². The number of anilines is 2. The zero-order valence-corrected chi connectivity index (χ0v) is 18.4. The van der Waals surface area contributed by atoms with Crippen LogP contribution in [0.2, 0.25) is 5.02 Å². The summed E-state index contributed by atoms with van der Waals surface area (Å²) in [7, 11) is 0. The Morgan fingerprint density at radius 3 is 2.66 bits per heavy atom. The molecule has 2 aliphatic rings. The monoisotopic (exact) mass is 451 g/mol. The van der Waals surface area contributed by atoms with E-state index in [4.69, 9.17) is 21.1 Å². The first-order valence-corrected chi connectivity index (χ1v) is 10.7. The molecule has 1 amide bonds. The van der Waals surface area contributed by atoms with Crippen molar-refractivity contribution in [2.75, 3.05) is 23.8 Å². The lowest BCUT2D eigenvalue weighted by molar-refractivity contribution is -0.113. The van der Waals surface area contributed by atoms with Crippen LogP contribution < -0.4 is 20.1 Å². The highest BCUT2D eigenvalue weighted by molar-refractivity contribution is 6.30. The van der Waals surface area contributed by atoms with E-state index in [-0.39, 0.29) is 5.91 Å². The van der Waals surface area contributed by atoms with Gasteiger partial charge in [0.05, 0.1) is 18.8 Å². The summed E-state index contributed by atoms with van der Waals surface area (Å²) in [4.78, 5) is 17.9. The Kier molecular flexibility index (Phi) is 5.22. The highest BCUT2D eigenvalue weighted by Crippen LogP contribution is 2.39. The molecule has 0 spiro atoms.